The fourth-order valence-electron chi connectivity index (χ4n) is 1.50. The first-order chi connectivity index (χ1) is 7.66. The summed E-state index contributed by atoms with van der Waals surface area (Å²) in [5.74, 6) is 0.0136. The van der Waals surface area contributed by atoms with Crippen molar-refractivity contribution in [3.8, 4) is 0 Å². The van der Waals surface area contributed by atoms with Crippen LogP contribution in [0.5, 0.6) is 0 Å². The molecular formula is C14H19NO. The molecule has 0 unspecified atom stereocenters. The van der Waals surface area contributed by atoms with Gasteiger partial charge in [-0.2, -0.15) is 0 Å². The van der Waals surface area contributed by atoms with Crippen LogP contribution in [0.2, 0.25) is 0 Å². The Morgan fingerprint density at radius 2 is 1.94 bits per heavy atom. The molecule has 86 valence electrons. The fraction of sp³-hybridized carbons (Fsp3) is 0.357. The number of unbranched alkanes of at least 4 members (excludes halogenated alkanes) is 1. The van der Waals surface area contributed by atoms with Crippen molar-refractivity contribution in [3.63, 3.8) is 0 Å². The highest BCUT2D eigenvalue weighted by Crippen LogP contribution is 2.15. The number of anilines is 1. The van der Waals surface area contributed by atoms with Crippen molar-refractivity contribution in [2.45, 2.75) is 26.2 Å². The Bertz CT molecular complexity index is 356. The average molecular weight is 217 g/mol. The maximum atomic E-state index is 12.0. The Labute approximate surface area is 97.6 Å². The van der Waals surface area contributed by atoms with E-state index in [-0.39, 0.29) is 5.91 Å². The number of carbonyl (C=O) groups is 1. The summed E-state index contributed by atoms with van der Waals surface area (Å²) >= 11 is 0. The number of hydrogen-bond acceptors (Lipinski definition) is 1. The van der Waals surface area contributed by atoms with E-state index in [0.717, 1.165) is 24.9 Å². The van der Waals surface area contributed by atoms with E-state index in [2.05, 4.69) is 13.5 Å². The van der Waals surface area contributed by atoms with Gasteiger partial charge in [-0.05, 0) is 25.0 Å². The number of rotatable bonds is 5. The number of carbonyl (C=O) groups excluding carboxylic acids is 1. The van der Waals surface area contributed by atoms with Gasteiger partial charge in [-0.25, -0.2) is 0 Å². The molecule has 0 aromatic heterocycles. The van der Waals surface area contributed by atoms with Gasteiger partial charge < -0.3 is 4.90 Å². The van der Waals surface area contributed by atoms with Gasteiger partial charge >= 0.3 is 0 Å². The monoisotopic (exact) mass is 217 g/mol. The molecule has 0 saturated heterocycles. The van der Waals surface area contributed by atoms with Crippen LogP contribution in [0.25, 0.3) is 0 Å². The second-order valence-corrected chi connectivity index (χ2v) is 3.91. The second kappa shape index (κ2) is 6.11. The van der Waals surface area contributed by atoms with Crippen LogP contribution >= 0.6 is 0 Å². The van der Waals surface area contributed by atoms with Crippen LogP contribution in [0.3, 0.4) is 0 Å². The molecule has 0 aliphatic carbocycles. The quantitative estimate of drug-likeness (QED) is 0.692. The summed E-state index contributed by atoms with van der Waals surface area (Å²) in [6, 6.07) is 9.63. The summed E-state index contributed by atoms with van der Waals surface area (Å²) in [6.07, 6.45) is 2.89. The molecule has 0 bridgehead atoms. The smallest absolute Gasteiger partial charge is 0.253 e. The number of likely N-dealkylation sites (N-methyl/N-ethyl adjacent to an activating group) is 1. The van der Waals surface area contributed by atoms with Crippen molar-refractivity contribution >= 4 is 11.6 Å². The lowest BCUT2D eigenvalue weighted by molar-refractivity contribution is -0.115. The highest BCUT2D eigenvalue weighted by Gasteiger charge is 2.13. The van der Waals surface area contributed by atoms with Crippen LogP contribution < -0.4 is 4.90 Å². The Hall–Kier alpha value is -1.57. The number of hydrogen-bond donors (Lipinski definition) is 0. The Morgan fingerprint density at radius 1 is 1.31 bits per heavy atom. The zero-order valence-electron chi connectivity index (χ0n) is 10.1. The maximum absolute atomic E-state index is 12.0. The molecule has 2 nitrogen and oxygen atoms in total. The van der Waals surface area contributed by atoms with Crippen LogP contribution in [0.4, 0.5) is 5.69 Å². The predicted molar refractivity (Wildman–Crippen MR) is 68.5 cm³/mol. The van der Waals surface area contributed by atoms with Crippen LogP contribution in [0, 0.1) is 0 Å². The highest BCUT2D eigenvalue weighted by molar-refractivity contribution is 6.04. The largest absolute Gasteiger partial charge is 0.312 e. The van der Waals surface area contributed by atoms with E-state index in [9.17, 15) is 4.79 Å². The lowest BCUT2D eigenvalue weighted by atomic mass is 10.1. The molecule has 0 heterocycles. The van der Waals surface area contributed by atoms with E-state index in [1.165, 1.54) is 0 Å². The van der Waals surface area contributed by atoms with E-state index in [1.54, 1.807) is 11.9 Å². The molecule has 1 aromatic carbocycles. The summed E-state index contributed by atoms with van der Waals surface area (Å²) in [7, 11) is 1.79. The van der Waals surface area contributed by atoms with Crippen molar-refractivity contribution < 1.29 is 4.79 Å². The SMILES string of the molecule is C=C(CCCC)C(=O)N(C)c1ccccc1. The van der Waals surface area contributed by atoms with Crippen LogP contribution in [-0.4, -0.2) is 13.0 Å². The topological polar surface area (TPSA) is 20.3 Å². The molecular weight excluding hydrogens is 198 g/mol. The van der Waals surface area contributed by atoms with Gasteiger partial charge in [-0.15, -0.1) is 0 Å². The van der Waals surface area contributed by atoms with Gasteiger partial charge in [0, 0.05) is 18.3 Å². The Balaban J connectivity index is 2.64. The van der Waals surface area contributed by atoms with E-state index in [0.29, 0.717) is 5.57 Å². The third-order valence-corrected chi connectivity index (χ3v) is 2.58. The Morgan fingerprint density at radius 3 is 2.50 bits per heavy atom. The minimum absolute atomic E-state index is 0.0136. The molecule has 0 aliphatic heterocycles. The van der Waals surface area contributed by atoms with Crippen molar-refractivity contribution in [2.75, 3.05) is 11.9 Å². The first-order valence-corrected chi connectivity index (χ1v) is 5.67. The molecule has 1 rings (SSSR count). The summed E-state index contributed by atoms with van der Waals surface area (Å²) in [5.41, 5.74) is 1.60. The molecule has 0 atom stereocenters. The minimum Gasteiger partial charge on any atom is -0.312 e. The summed E-state index contributed by atoms with van der Waals surface area (Å²) < 4.78 is 0. The van der Waals surface area contributed by atoms with Gasteiger partial charge in [0.15, 0.2) is 0 Å². The van der Waals surface area contributed by atoms with E-state index in [1.807, 2.05) is 30.3 Å². The van der Waals surface area contributed by atoms with Gasteiger partial charge in [-0.1, -0.05) is 38.1 Å². The molecule has 16 heavy (non-hydrogen) atoms. The van der Waals surface area contributed by atoms with Crippen LogP contribution in [0.15, 0.2) is 42.5 Å². The van der Waals surface area contributed by atoms with E-state index >= 15 is 0 Å². The van der Waals surface area contributed by atoms with Crippen molar-refractivity contribution in [3.05, 3.63) is 42.5 Å². The molecule has 0 N–H and O–H groups in total. The summed E-state index contributed by atoms with van der Waals surface area (Å²) in [6.45, 7) is 5.96. The van der Waals surface area contributed by atoms with E-state index in [4.69, 9.17) is 0 Å². The molecule has 0 saturated carbocycles. The number of nitrogens with zero attached hydrogens (tertiary/aromatic N) is 1. The standard InChI is InChI=1S/C14H19NO/c1-4-5-9-12(2)14(16)15(3)13-10-7-6-8-11-13/h6-8,10-11H,2,4-5,9H2,1,3H3. The van der Waals surface area contributed by atoms with Gasteiger partial charge in [0.25, 0.3) is 5.91 Å². The van der Waals surface area contributed by atoms with Gasteiger partial charge in [0.05, 0.1) is 0 Å². The fourth-order valence-corrected chi connectivity index (χ4v) is 1.50. The Kier molecular flexibility index (Phi) is 4.77. The normalized spacial score (nSPS) is 9.88. The predicted octanol–water partition coefficient (Wildman–Crippen LogP) is 3.40. The van der Waals surface area contributed by atoms with Gasteiger partial charge in [0.1, 0.15) is 0 Å². The van der Waals surface area contributed by atoms with Crippen LogP contribution in [0.1, 0.15) is 26.2 Å². The van der Waals surface area contributed by atoms with Crippen LogP contribution in [-0.2, 0) is 4.79 Å². The summed E-state index contributed by atoms with van der Waals surface area (Å²) in [4.78, 5) is 13.6. The zero-order chi connectivity index (χ0) is 12.0. The third-order valence-electron chi connectivity index (χ3n) is 2.58. The number of amides is 1. The van der Waals surface area contributed by atoms with E-state index < -0.39 is 0 Å². The maximum Gasteiger partial charge on any atom is 0.253 e. The molecule has 0 aliphatic rings. The molecule has 1 amide bonds. The molecule has 1 aromatic rings. The zero-order valence-corrected chi connectivity index (χ0v) is 10.1. The van der Waals surface area contributed by atoms with Crippen molar-refractivity contribution in [1.82, 2.24) is 0 Å². The lowest BCUT2D eigenvalue weighted by Gasteiger charge is -2.18. The lowest BCUT2D eigenvalue weighted by Crippen LogP contribution is -2.27. The van der Waals surface area contributed by atoms with Crippen molar-refractivity contribution in [1.29, 1.82) is 0 Å². The van der Waals surface area contributed by atoms with Gasteiger partial charge in [-0.3, -0.25) is 4.79 Å². The highest BCUT2D eigenvalue weighted by atomic mass is 16.2. The molecule has 2 heteroatoms. The number of benzene rings is 1. The summed E-state index contributed by atoms with van der Waals surface area (Å²) in [5, 5.41) is 0. The van der Waals surface area contributed by atoms with Crippen molar-refractivity contribution in [2.24, 2.45) is 0 Å². The average Bonchev–Trinajstić information content (AvgIpc) is 2.35. The number of para-hydroxylation sites is 1. The third kappa shape index (κ3) is 3.23. The van der Waals surface area contributed by atoms with Gasteiger partial charge in [0.2, 0.25) is 0 Å². The molecule has 0 fully saturated rings. The first-order valence-electron chi connectivity index (χ1n) is 5.67. The minimum atomic E-state index is 0.0136. The molecule has 0 radical (unpaired) electrons. The second-order valence-electron chi connectivity index (χ2n) is 3.91. The molecule has 0 spiro atoms. The first kappa shape index (κ1) is 12.5.